The summed E-state index contributed by atoms with van der Waals surface area (Å²) in [5.41, 5.74) is 4.18. The smallest absolute Gasteiger partial charge is 0.142 e. The van der Waals surface area contributed by atoms with Crippen LogP contribution in [-0.2, 0) is 0 Å². The van der Waals surface area contributed by atoms with Crippen LogP contribution in [0.15, 0.2) is 36.4 Å². The van der Waals surface area contributed by atoms with E-state index >= 15 is 0 Å². The zero-order valence-corrected chi connectivity index (χ0v) is 17.4. The molecule has 3 rings (SSSR count). The van der Waals surface area contributed by atoms with Crippen LogP contribution in [0.1, 0.15) is 57.9 Å². The number of hydrogen-bond acceptors (Lipinski definition) is 3. The monoisotopic (exact) mass is 380 g/mol. The number of unbranched alkanes of at least 4 members (excludes halogenated alkanes) is 4. The Balaban J connectivity index is 1.86. The third-order valence-corrected chi connectivity index (χ3v) is 4.87. The van der Waals surface area contributed by atoms with Crippen LogP contribution in [0.4, 0.5) is 0 Å². The zero-order valence-electron chi connectivity index (χ0n) is 17.4. The average Bonchev–Trinajstić information content (AvgIpc) is 3.12. The van der Waals surface area contributed by atoms with Crippen LogP contribution in [0.3, 0.4) is 0 Å². The van der Waals surface area contributed by atoms with Gasteiger partial charge in [-0.05, 0) is 55.7 Å². The Morgan fingerprint density at radius 3 is 2.36 bits per heavy atom. The van der Waals surface area contributed by atoms with Gasteiger partial charge in [0.15, 0.2) is 0 Å². The van der Waals surface area contributed by atoms with Gasteiger partial charge in [-0.15, -0.1) is 0 Å². The highest BCUT2D eigenvalue weighted by atomic mass is 16.5. The summed E-state index contributed by atoms with van der Waals surface area (Å²) in [6, 6.07) is 12.3. The van der Waals surface area contributed by atoms with Gasteiger partial charge in [0, 0.05) is 0 Å². The fraction of sp³-hybridized carbons (Fsp3) is 0.458. The molecule has 0 amide bonds. The molecule has 0 aliphatic carbocycles. The first-order valence-electron chi connectivity index (χ1n) is 10.6. The average molecular weight is 381 g/mol. The first-order chi connectivity index (χ1) is 13.7. The molecular formula is C24H32N2O2. The molecule has 2 aromatic carbocycles. The summed E-state index contributed by atoms with van der Waals surface area (Å²) in [5.74, 6) is 2.54. The van der Waals surface area contributed by atoms with E-state index in [1.165, 1.54) is 31.2 Å². The van der Waals surface area contributed by atoms with Gasteiger partial charge in [0.25, 0.3) is 0 Å². The molecule has 0 saturated carbocycles. The summed E-state index contributed by atoms with van der Waals surface area (Å²) in [6.07, 6.45) is 6.88. The number of ether oxygens (including phenoxy) is 2. The third-order valence-electron chi connectivity index (χ3n) is 4.87. The molecular weight excluding hydrogens is 348 g/mol. The molecule has 28 heavy (non-hydrogen) atoms. The topological polar surface area (TPSA) is 47.1 Å². The molecule has 0 spiro atoms. The van der Waals surface area contributed by atoms with Crippen LogP contribution in [0.25, 0.3) is 22.4 Å². The summed E-state index contributed by atoms with van der Waals surface area (Å²) >= 11 is 0. The van der Waals surface area contributed by atoms with Crippen LogP contribution in [0, 0.1) is 6.92 Å². The van der Waals surface area contributed by atoms with Gasteiger partial charge in [-0.2, -0.15) is 0 Å². The molecule has 0 atom stereocenters. The number of rotatable bonds is 11. The first kappa shape index (κ1) is 20.2. The number of aryl methyl sites for hydroxylation is 1. The van der Waals surface area contributed by atoms with Gasteiger partial charge in [0.1, 0.15) is 17.3 Å². The fourth-order valence-electron chi connectivity index (χ4n) is 3.24. The van der Waals surface area contributed by atoms with E-state index in [0.717, 1.165) is 60.0 Å². The second kappa shape index (κ2) is 10.2. The lowest BCUT2D eigenvalue weighted by molar-refractivity contribution is 0.299. The summed E-state index contributed by atoms with van der Waals surface area (Å²) < 4.78 is 12.1. The van der Waals surface area contributed by atoms with Gasteiger partial charge in [-0.1, -0.05) is 45.6 Å². The number of benzene rings is 2. The number of H-pyrrole nitrogens is 1. The van der Waals surface area contributed by atoms with E-state index in [1.807, 2.05) is 18.2 Å². The van der Waals surface area contributed by atoms with Gasteiger partial charge < -0.3 is 14.5 Å². The lowest BCUT2D eigenvalue weighted by Gasteiger charge is -2.13. The molecule has 0 unspecified atom stereocenters. The Hall–Kier alpha value is -2.49. The number of nitrogens with zero attached hydrogens (tertiary/aromatic N) is 1. The number of hydrogen-bond donors (Lipinski definition) is 1. The van der Waals surface area contributed by atoms with Crippen LogP contribution < -0.4 is 9.47 Å². The highest BCUT2D eigenvalue weighted by Crippen LogP contribution is 2.33. The van der Waals surface area contributed by atoms with Crippen molar-refractivity contribution in [3.63, 3.8) is 0 Å². The summed E-state index contributed by atoms with van der Waals surface area (Å²) in [6.45, 7) is 7.95. The lowest BCUT2D eigenvalue weighted by Crippen LogP contribution is -2.01. The van der Waals surface area contributed by atoms with Crippen molar-refractivity contribution in [2.75, 3.05) is 13.2 Å². The second-order valence-corrected chi connectivity index (χ2v) is 7.38. The SMILES string of the molecule is CCCCCOc1ccc(OCCCCC)c(-c2nc3ccc(C)cc3[nH]2)c1. The van der Waals surface area contributed by atoms with E-state index < -0.39 is 0 Å². The van der Waals surface area contributed by atoms with Crippen LogP contribution in [0.5, 0.6) is 11.5 Å². The van der Waals surface area contributed by atoms with Gasteiger partial charge >= 0.3 is 0 Å². The number of nitrogens with one attached hydrogen (secondary N) is 1. The van der Waals surface area contributed by atoms with Gasteiger partial charge in [0.05, 0.1) is 29.8 Å². The lowest BCUT2D eigenvalue weighted by atomic mass is 10.1. The minimum Gasteiger partial charge on any atom is -0.494 e. The number of aromatic amines is 1. The molecule has 0 bridgehead atoms. The molecule has 1 aromatic heterocycles. The number of imidazole rings is 1. The molecule has 0 saturated heterocycles. The zero-order chi connectivity index (χ0) is 19.8. The van der Waals surface area contributed by atoms with Crippen molar-refractivity contribution in [1.82, 2.24) is 9.97 Å². The van der Waals surface area contributed by atoms with E-state index in [-0.39, 0.29) is 0 Å². The summed E-state index contributed by atoms with van der Waals surface area (Å²) in [7, 11) is 0. The predicted octanol–water partition coefficient (Wildman–Crippen LogP) is 6.68. The molecule has 0 fully saturated rings. The Bertz CT molecular complexity index is 885. The van der Waals surface area contributed by atoms with Crippen molar-refractivity contribution in [1.29, 1.82) is 0 Å². The van der Waals surface area contributed by atoms with Crippen LogP contribution in [-0.4, -0.2) is 23.2 Å². The van der Waals surface area contributed by atoms with Crippen molar-refractivity contribution < 1.29 is 9.47 Å². The van der Waals surface area contributed by atoms with E-state index in [9.17, 15) is 0 Å². The molecule has 150 valence electrons. The minimum atomic E-state index is 0.719. The number of fused-ring (bicyclic) bond motifs is 1. The Morgan fingerprint density at radius 1 is 0.857 bits per heavy atom. The minimum absolute atomic E-state index is 0.719. The van der Waals surface area contributed by atoms with Crippen molar-refractivity contribution in [3.05, 3.63) is 42.0 Å². The Kier molecular flexibility index (Phi) is 7.35. The molecule has 0 radical (unpaired) electrons. The first-order valence-corrected chi connectivity index (χ1v) is 10.6. The molecule has 4 nitrogen and oxygen atoms in total. The molecule has 4 heteroatoms. The standard InChI is InChI=1S/C24H32N2O2/c1-4-6-8-14-27-19-11-13-23(28-15-9-7-5-2)20(17-19)24-25-21-12-10-18(3)16-22(21)26-24/h10-13,16-17H,4-9,14-15H2,1-3H3,(H,25,26). The van der Waals surface area contributed by atoms with Crippen molar-refractivity contribution in [2.24, 2.45) is 0 Å². The van der Waals surface area contributed by atoms with Gasteiger partial charge in [-0.3, -0.25) is 0 Å². The van der Waals surface area contributed by atoms with Crippen molar-refractivity contribution >= 4 is 11.0 Å². The maximum atomic E-state index is 6.10. The highest BCUT2D eigenvalue weighted by Gasteiger charge is 2.13. The normalized spacial score (nSPS) is 11.1. The summed E-state index contributed by atoms with van der Waals surface area (Å²) in [5, 5.41) is 0. The molecule has 1 heterocycles. The largest absolute Gasteiger partial charge is 0.494 e. The molecule has 0 aliphatic rings. The van der Waals surface area contributed by atoms with E-state index in [4.69, 9.17) is 14.5 Å². The van der Waals surface area contributed by atoms with Gasteiger partial charge in [-0.25, -0.2) is 4.98 Å². The second-order valence-electron chi connectivity index (χ2n) is 7.38. The number of aromatic nitrogens is 2. The molecule has 0 aliphatic heterocycles. The van der Waals surface area contributed by atoms with Crippen molar-refractivity contribution in [3.8, 4) is 22.9 Å². The van der Waals surface area contributed by atoms with Gasteiger partial charge in [0.2, 0.25) is 0 Å². The highest BCUT2D eigenvalue weighted by molar-refractivity contribution is 5.81. The van der Waals surface area contributed by atoms with E-state index in [0.29, 0.717) is 0 Å². The summed E-state index contributed by atoms with van der Waals surface area (Å²) in [4.78, 5) is 8.24. The van der Waals surface area contributed by atoms with Crippen LogP contribution >= 0.6 is 0 Å². The quantitative estimate of drug-likeness (QED) is 0.378. The van der Waals surface area contributed by atoms with Crippen LogP contribution in [0.2, 0.25) is 0 Å². The third kappa shape index (κ3) is 5.28. The van der Waals surface area contributed by atoms with Crippen molar-refractivity contribution in [2.45, 2.75) is 59.3 Å². The predicted molar refractivity (Wildman–Crippen MR) is 116 cm³/mol. The maximum absolute atomic E-state index is 6.10. The van der Waals surface area contributed by atoms with E-state index in [1.54, 1.807) is 0 Å². The Morgan fingerprint density at radius 2 is 1.61 bits per heavy atom. The Labute approximate surface area is 168 Å². The maximum Gasteiger partial charge on any atom is 0.142 e. The molecule has 3 aromatic rings. The van der Waals surface area contributed by atoms with E-state index in [2.05, 4.69) is 44.0 Å². The molecule has 1 N–H and O–H groups in total. The fourth-order valence-corrected chi connectivity index (χ4v) is 3.24.